The molecule has 0 saturated carbocycles. The maximum atomic E-state index is 9.87. The van der Waals surface area contributed by atoms with E-state index in [9.17, 15) is 4.79 Å². The van der Waals surface area contributed by atoms with Crippen molar-refractivity contribution >= 4 is 6.29 Å². The van der Waals surface area contributed by atoms with Crippen molar-refractivity contribution in [2.24, 2.45) is 0 Å². The van der Waals surface area contributed by atoms with Crippen LogP contribution in [0.5, 0.6) is 0 Å². The van der Waals surface area contributed by atoms with E-state index in [1.54, 1.807) is 18.2 Å². The minimum atomic E-state index is 0.744. The Hall–Kier alpha value is -1.89. The van der Waals surface area contributed by atoms with Crippen LogP contribution in [0.2, 0.25) is 0 Å². The average molecular weight is 186 g/mol. The fourth-order valence-electron chi connectivity index (χ4n) is 0.637. The second kappa shape index (κ2) is 11.1. The molecule has 1 heteroatoms. The molecular formula is C13H14O. The van der Waals surface area contributed by atoms with Crippen LogP contribution in [0, 0.1) is 0 Å². The van der Waals surface area contributed by atoms with Crippen molar-refractivity contribution in [2.75, 3.05) is 0 Å². The van der Waals surface area contributed by atoms with Gasteiger partial charge in [-0.25, -0.2) is 0 Å². The third-order valence-electron chi connectivity index (χ3n) is 1.21. The first-order chi connectivity index (χ1) is 6.91. The lowest BCUT2D eigenvalue weighted by atomic mass is 10.3. The summed E-state index contributed by atoms with van der Waals surface area (Å²) in [5, 5.41) is 0. The molecule has 0 saturated heterocycles. The third kappa shape index (κ3) is 10.1. The van der Waals surface area contributed by atoms with Crippen molar-refractivity contribution in [2.45, 2.75) is 0 Å². The molecule has 0 N–H and O–H groups in total. The smallest absolute Gasteiger partial charge is 0.142 e. The van der Waals surface area contributed by atoms with Crippen LogP contribution in [0.3, 0.4) is 0 Å². The number of aldehydes is 1. The Balaban J connectivity index is 3.72. The van der Waals surface area contributed by atoms with Gasteiger partial charge in [-0.3, -0.25) is 4.79 Å². The molecule has 72 valence electrons. The van der Waals surface area contributed by atoms with Crippen molar-refractivity contribution in [1.29, 1.82) is 0 Å². The first kappa shape index (κ1) is 12.1. The monoisotopic (exact) mass is 186 g/mol. The SMILES string of the molecule is C=CC=CC=CC=CC=CC=CC=O. The summed E-state index contributed by atoms with van der Waals surface area (Å²) in [6.07, 6.45) is 20.6. The molecule has 0 fully saturated rings. The van der Waals surface area contributed by atoms with Gasteiger partial charge < -0.3 is 0 Å². The standard InChI is InChI=1S/C13H14O/c1-2-3-4-5-6-7-8-9-10-11-12-13-14/h2-13H,1H2. The van der Waals surface area contributed by atoms with E-state index in [1.807, 2.05) is 42.5 Å². The Morgan fingerprint density at radius 3 is 1.29 bits per heavy atom. The summed E-state index contributed by atoms with van der Waals surface area (Å²) >= 11 is 0. The molecule has 0 aliphatic rings. The molecule has 0 aromatic rings. The highest BCUT2D eigenvalue weighted by molar-refractivity contribution is 5.65. The number of hydrogen-bond acceptors (Lipinski definition) is 1. The van der Waals surface area contributed by atoms with Gasteiger partial charge in [-0.2, -0.15) is 0 Å². The first-order valence-corrected chi connectivity index (χ1v) is 4.31. The molecule has 0 aromatic carbocycles. The van der Waals surface area contributed by atoms with Crippen LogP contribution in [0.1, 0.15) is 0 Å². The van der Waals surface area contributed by atoms with E-state index in [2.05, 4.69) is 6.58 Å². The summed E-state index contributed by atoms with van der Waals surface area (Å²) in [7, 11) is 0. The van der Waals surface area contributed by atoms with Gasteiger partial charge in [0.1, 0.15) is 6.29 Å². The zero-order valence-corrected chi connectivity index (χ0v) is 8.04. The minimum absolute atomic E-state index is 0.744. The summed E-state index contributed by atoms with van der Waals surface area (Å²) < 4.78 is 0. The number of carbonyl (C=O) groups excluding carboxylic acids is 1. The van der Waals surface area contributed by atoms with Gasteiger partial charge in [0, 0.05) is 0 Å². The minimum Gasteiger partial charge on any atom is -0.299 e. The van der Waals surface area contributed by atoms with E-state index in [4.69, 9.17) is 0 Å². The van der Waals surface area contributed by atoms with Crippen LogP contribution in [0.4, 0.5) is 0 Å². The largest absolute Gasteiger partial charge is 0.299 e. The summed E-state index contributed by atoms with van der Waals surface area (Å²) in [6.45, 7) is 3.55. The summed E-state index contributed by atoms with van der Waals surface area (Å²) in [5.74, 6) is 0. The van der Waals surface area contributed by atoms with Gasteiger partial charge in [0.25, 0.3) is 0 Å². The molecule has 0 heterocycles. The molecule has 0 unspecified atom stereocenters. The second-order valence-corrected chi connectivity index (χ2v) is 2.30. The predicted octanol–water partition coefficient (Wildman–Crippen LogP) is 3.15. The highest BCUT2D eigenvalue weighted by atomic mass is 16.1. The number of carbonyl (C=O) groups is 1. The Morgan fingerprint density at radius 1 is 0.571 bits per heavy atom. The lowest BCUT2D eigenvalue weighted by Gasteiger charge is -1.73. The van der Waals surface area contributed by atoms with Gasteiger partial charge in [0.15, 0.2) is 0 Å². The van der Waals surface area contributed by atoms with Gasteiger partial charge in [-0.15, -0.1) is 0 Å². The summed E-state index contributed by atoms with van der Waals surface area (Å²) in [6, 6.07) is 0. The molecule has 0 atom stereocenters. The van der Waals surface area contributed by atoms with E-state index in [-0.39, 0.29) is 0 Å². The second-order valence-electron chi connectivity index (χ2n) is 2.30. The van der Waals surface area contributed by atoms with E-state index in [0.717, 1.165) is 6.29 Å². The van der Waals surface area contributed by atoms with Gasteiger partial charge >= 0.3 is 0 Å². The third-order valence-corrected chi connectivity index (χ3v) is 1.21. The zero-order chi connectivity index (χ0) is 10.5. The quantitative estimate of drug-likeness (QED) is 0.354. The lowest BCUT2D eigenvalue weighted by Crippen LogP contribution is -1.55. The van der Waals surface area contributed by atoms with E-state index >= 15 is 0 Å². The molecular weight excluding hydrogens is 172 g/mol. The van der Waals surface area contributed by atoms with Crippen molar-refractivity contribution in [3.63, 3.8) is 0 Å². The Bertz CT molecular complexity index is 258. The van der Waals surface area contributed by atoms with Gasteiger partial charge in [-0.05, 0) is 6.08 Å². The predicted molar refractivity (Wildman–Crippen MR) is 62.0 cm³/mol. The summed E-state index contributed by atoms with van der Waals surface area (Å²) in [5.41, 5.74) is 0. The van der Waals surface area contributed by atoms with Gasteiger partial charge in [0.2, 0.25) is 0 Å². The molecule has 1 nitrogen and oxygen atoms in total. The van der Waals surface area contributed by atoms with Crippen LogP contribution in [-0.2, 0) is 4.79 Å². The molecule has 0 aromatic heterocycles. The molecule has 0 bridgehead atoms. The Labute approximate surface area is 85.1 Å². The Morgan fingerprint density at radius 2 is 0.929 bits per heavy atom. The molecule has 0 rings (SSSR count). The maximum absolute atomic E-state index is 9.87. The van der Waals surface area contributed by atoms with Crippen LogP contribution >= 0.6 is 0 Å². The van der Waals surface area contributed by atoms with Crippen LogP contribution < -0.4 is 0 Å². The Kier molecular flexibility index (Phi) is 9.61. The molecule has 14 heavy (non-hydrogen) atoms. The molecule has 0 spiro atoms. The first-order valence-electron chi connectivity index (χ1n) is 4.31. The average Bonchev–Trinajstić information content (AvgIpc) is 2.21. The normalized spacial score (nSPS) is 12.9. The number of hydrogen-bond donors (Lipinski definition) is 0. The number of allylic oxidation sites excluding steroid dienone is 11. The van der Waals surface area contributed by atoms with Crippen molar-refractivity contribution in [3.05, 3.63) is 73.4 Å². The van der Waals surface area contributed by atoms with E-state index in [1.165, 1.54) is 6.08 Å². The van der Waals surface area contributed by atoms with Crippen molar-refractivity contribution in [1.82, 2.24) is 0 Å². The van der Waals surface area contributed by atoms with Crippen LogP contribution in [0.25, 0.3) is 0 Å². The van der Waals surface area contributed by atoms with Crippen LogP contribution in [0.15, 0.2) is 73.4 Å². The highest BCUT2D eigenvalue weighted by Crippen LogP contribution is 1.83. The van der Waals surface area contributed by atoms with Crippen LogP contribution in [-0.4, -0.2) is 6.29 Å². The highest BCUT2D eigenvalue weighted by Gasteiger charge is 1.63. The fraction of sp³-hybridized carbons (Fsp3) is 0. The fourth-order valence-corrected chi connectivity index (χ4v) is 0.637. The maximum Gasteiger partial charge on any atom is 0.142 e. The molecule has 0 radical (unpaired) electrons. The van der Waals surface area contributed by atoms with Gasteiger partial charge in [-0.1, -0.05) is 67.3 Å². The topological polar surface area (TPSA) is 17.1 Å². The zero-order valence-electron chi connectivity index (χ0n) is 8.04. The lowest BCUT2D eigenvalue weighted by molar-refractivity contribution is -0.104. The summed E-state index contributed by atoms with van der Waals surface area (Å²) in [4.78, 5) is 9.87. The molecule has 0 aliphatic heterocycles. The van der Waals surface area contributed by atoms with Gasteiger partial charge in [0.05, 0.1) is 0 Å². The molecule has 0 amide bonds. The van der Waals surface area contributed by atoms with E-state index < -0.39 is 0 Å². The van der Waals surface area contributed by atoms with Crippen molar-refractivity contribution in [3.8, 4) is 0 Å². The van der Waals surface area contributed by atoms with E-state index in [0.29, 0.717) is 0 Å². The molecule has 0 aliphatic carbocycles. The van der Waals surface area contributed by atoms with Crippen molar-refractivity contribution < 1.29 is 4.79 Å². The number of rotatable bonds is 6.